The lowest BCUT2D eigenvalue weighted by Crippen LogP contribution is -2.41. The minimum Gasteiger partial charge on any atom is -0.337 e. The zero-order valence-corrected chi connectivity index (χ0v) is 16.8. The number of aryl methyl sites for hydroxylation is 1. The fourth-order valence-corrected chi connectivity index (χ4v) is 3.88. The Kier molecular flexibility index (Phi) is 6.16. The molecular weight excluding hydrogens is 416 g/mol. The van der Waals surface area contributed by atoms with Gasteiger partial charge in [-0.2, -0.15) is 0 Å². The van der Waals surface area contributed by atoms with Gasteiger partial charge in [0.25, 0.3) is 11.8 Å². The van der Waals surface area contributed by atoms with Crippen molar-refractivity contribution in [1.82, 2.24) is 19.8 Å². The molecule has 0 saturated carbocycles. The zero-order valence-electron chi connectivity index (χ0n) is 14.4. The van der Waals surface area contributed by atoms with Gasteiger partial charge in [0, 0.05) is 13.1 Å². The Hall–Kier alpha value is -2.06. The van der Waals surface area contributed by atoms with Crippen molar-refractivity contribution in [3.8, 4) is 0 Å². The van der Waals surface area contributed by atoms with E-state index in [-0.39, 0.29) is 17.5 Å². The van der Waals surface area contributed by atoms with Gasteiger partial charge in [-0.25, -0.2) is 0 Å². The number of hydrogen-bond donors (Lipinski definition) is 1. The highest BCUT2D eigenvalue weighted by Crippen LogP contribution is 2.26. The highest BCUT2D eigenvalue weighted by atomic mass is 79.9. The minimum absolute atomic E-state index is 0.177. The SMILES string of the molecule is Cc1nnsc1C(=O)N/C(C(=O)N1CCCCC1)=C(\Br)c1ccccc1. The van der Waals surface area contributed by atoms with Crippen LogP contribution < -0.4 is 5.32 Å². The Morgan fingerprint density at radius 2 is 1.85 bits per heavy atom. The molecule has 1 saturated heterocycles. The van der Waals surface area contributed by atoms with Crippen LogP contribution in [0.5, 0.6) is 0 Å². The summed E-state index contributed by atoms with van der Waals surface area (Å²) in [6, 6.07) is 9.45. The maximum Gasteiger partial charge on any atom is 0.271 e. The largest absolute Gasteiger partial charge is 0.337 e. The van der Waals surface area contributed by atoms with Crippen LogP contribution in [0, 0.1) is 6.92 Å². The molecule has 0 bridgehead atoms. The summed E-state index contributed by atoms with van der Waals surface area (Å²) < 4.78 is 4.36. The topological polar surface area (TPSA) is 75.2 Å². The summed E-state index contributed by atoms with van der Waals surface area (Å²) in [6.07, 6.45) is 3.09. The molecule has 0 unspecified atom stereocenters. The third-order valence-corrected chi connectivity index (χ3v) is 5.88. The molecule has 0 aliphatic carbocycles. The van der Waals surface area contributed by atoms with Crippen LogP contribution >= 0.6 is 27.5 Å². The molecule has 8 heteroatoms. The van der Waals surface area contributed by atoms with E-state index in [1.165, 1.54) is 0 Å². The van der Waals surface area contributed by atoms with Gasteiger partial charge in [0.1, 0.15) is 10.6 Å². The number of rotatable bonds is 4. The zero-order chi connectivity index (χ0) is 18.5. The van der Waals surface area contributed by atoms with Gasteiger partial charge in [-0.15, -0.1) is 5.10 Å². The third-order valence-electron chi connectivity index (χ3n) is 4.20. The van der Waals surface area contributed by atoms with Gasteiger partial charge in [-0.05, 0) is 59.2 Å². The first-order chi connectivity index (χ1) is 12.6. The summed E-state index contributed by atoms with van der Waals surface area (Å²) in [7, 11) is 0. The van der Waals surface area contributed by atoms with Crippen molar-refractivity contribution in [3.05, 3.63) is 52.2 Å². The van der Waals surface area contributed by atoms with Crippen molar-refractivity contribution in [1.29, 1.82) is 0 Å². The lowest BCUT2D eigenvalue weighted by molar-refractivity contribution is -0.128. The molecule has 2 amide bonds. The van der Waals surface area contributed by atoms with Crippen molar-refractivity contribution in [3.63, 3.8) is 0 Å². The molecule has 0 atom stereocenters. The molecule has 2 heterocycles. The fourth-order valence-electron chi connectivity index (χ4n) is 2.80. The van der Waals surface area contributed by atoms with Crippen molar-refractivity contribution >= 4 is 43.8 Å². The molecule has 0 radical (unpaired) electrons. The summed E-state index contributed by atoms with van der Waals surface area (Å²) in [5, 5.41) is 6.66. The minimum atomic E-state index is -0.370. The number of benzene rings is 1. The molecule has 1 N–H and O–H groups in total. The quantitative estimate of drug-likeness (QED) is 0.748. The molecular formula is C18H19BrN4O2S. The van der Waals surface area contributed by atoms with Crippen LogP contribution in [0.1, 0.15) is 40.2 Å². The van der Waals surface area contributed by atoms with Gasteiger partial charge in [0.15, 0.2) is 0 Å². The van der Waals surface area contributed by atoms with Crippen LogP contribution in [0.2, 0.25) is 0 Å². The molecule has 1 aliphatic rings. The number of amides is 2. The van der Waals surface area contributed by atoms with Crippen molar-refractivity contribution in [2.45, 2.75) is 26.2 Å². The van der Waals surface area contributed by atoms with Gasteiger partial charge in [0.2, 0.25) is 0 Å². The first-order valence-corrected chi connectivity index (χ1v) is 9.99. The number of nitrogens with one attached hydrogen (secondary N) is 1. The smallest absolute Gasteiger partial charge is 0.271 e. The number of carbonyl (C=O) groups is 2. The molecule has 1 aliphatic heterocycles. The summed E-state index contributed by atoms with van der Waals surface area (Å²) in [5.74, 6) is -0.547. The number of aromatic nitrogens is 2. The van der Waals surface area contributed by atoms with E-state index in [4.69, 9.17) is 0 Å². The van der Waals surface area contributed by atoms with E-state index in [9.17, 15) is 9.59 Å². The number of halogens is 1. The Morgan fingerprint density at radius 3 is 2.46 bits per heavy atom. The van der Waals surface area contributed by atoms with Crippen LogP contribution in [0.25, 0.3) is 4.48 Å². The third kappa shape index (κ3) is 4.19. The number of carbonyl (C=O) groups excluding carboxylic acids is 2. The molecule has 3 rings (SSSR count). The second-order valence-electron chi connectivity index (χ2n) is 6.05. The molecule has 6 nitrogen and oxygen atoms in total. The van der Waals surface area contributed by atoms with E-state index in [0.717, 1.165) is 36.4 Å². The lowest BCUT2D eigenvalue weighted by atomic mass is 10.1. The average molecular weight is 435 g/mol. The summed E-state index contributed by atoms with van der Waals surface area (Å²) in [5.41, 5.74) is 1.62. The second kappa shape index (κ2) is 8.55. The van der Waals surface area contributed by atoms with E-state index in [1.807, 2.05) is 30.3 Å². The van der Waals surface area contributed by atoms with Gasteiger partial charge < -0.3 is 10.2 Å². The summed E-state index contributed by atoms with van der Waals surface area (Å²) in [6.45, 7) is 3.13. The molecule has 26 heavy (non-hydrogen) atoms. The number of nitrogens with zero attached hydrogens (tertiary/aromatic N) is 3. The number of likely N-dealkylation sites (tertiary alicyclic amines) is 1. The standard InChI is InChI=1S/C18H19BrN4O2S/c1-12-16(26-22-21-12)17(24)20-15(14(19)13-8-4-2-5-9-13)18(25)23-10-6-3-7-11-23/h2,4-5,8-9H,3,6-7,10-11H2,1H3,(H,20,24)/b15-14-. The lowest BCUT2D eigenvalue weighted by Gasteiger charge is -2.28. The van der Waals surface area contributed by atoms with Gasteiger partial charge in [0.05, 0.1) is 10.2 Å². The first kappa shape index (κ1) is 18.7. The van der Waals surface area contributed by atoms with E-state index in [1.54, 1.807) is 11.8 Å². The average Bonchev–Trinajstić information content (AvgIpc) is 3.12. The van der Waals surface area contributed by atoms with E-state index in [0.29, 0.717) is 28.1 Å². The normalized spacial score (nSPS) is 15.4. The van der Waals surface area contributed by atoms with Crippen molar-refractivity contribution in [2.75, 3.05) is 13.1 Å². The fraction of sp³-hybridized carbons (Fsp3) is 0.333. The van der Waals surface area contributed by atoms with Crippen molar-refractivity contribution < 1.29 is 9.59 Å². The molecule has 1 aromatic carbocycles. The predicted molar refractivity (Wildman–Crippen MR) is 105 cm³/mol. The second-order valence-corrected chi connectivity index (χ2v) is 7.60. The Balaban J connectivity index is 1.94. The Morgan fingerprint density at radius 1 is 1.15 bits per heavy atom. The highest BCUT2D eigenvalue weighted by molar-refractivity contribution is 9.15. The maximum absolute atomic E-state index is 13.1. The van der Waals surface area contributed by atoms with Gasteiger partial charge in [-0.3, -0.25) is 9.59 Å². The summed E-state index contributed by atoms with van der Waals surface area (Å²) in [4.78, 5) is 27.9. The maximum atomic E-state index is 13.1. The number of hydrogen-bond acceptors (Lipinski definition) is 5. The van der Waals surface area contributed by atoms with E-state index < -0.39 is 0 Å². The molecule has 1 aromatic heterocycles. The van der Waals surface area contributed by atoms with Crippen LogP contribution in [0.4, 0.5) is 0 Å². The van der Waals surface area contributed by atoms with E-state index in [2.05, 4.69) is 30.8 Å². The molecule has 2 aromatic rings. The molecule has 136 valence electrons. The van der Waals surface area contributed by atoms with Crippen LogP contribution in [-0.4, -0.2) is 39.4 Å². The van der Waals surface area contributed by atoms with Gasteiger partial charge >= 0.3 is 0 Å². The number of piperidine rings is 1. The van der Waals surface area contributed by atoms with Crippen LogP contribution in [0.3, 0.4) is 0 Å². The molecule has 0 spiro atoms. The predicted octanol–water partition coefficient (Wildman–Crippen LogP) is 3.35. The van der Waals surface area contributed by atoms with E-state index >= 15 is 0 Å². The summed E-state index contributed by atoms with van der Waals surface area (Å²) >= 11 is 4.54. The monoisotopic (exact) mass is 434 g/mol. The van der Waals surface area contributed by atoms with Crippen LogP contribution in [-0.2, 0) is 4.79 Å². The van der Waals surface area contributed by atoms with Gasteiger partial charge in [-0.1, -0.05) is 34.8 Å². The van der Waals surface area contributed by atoms with Crippen molar-refractivity contribution in [2.24, 2.45) is 0 Å². The Labute approximate surface area is 164 Å². The first-order valence-electron chi connectivity index (χ1n) is 8.42. The van der Waals surface area contributed by atoms with Crippen LogP contribution in [0.15, 0.2) is 36.0 Å². The molecule has 1 fully saturated rings. The Bertz CT molecular complexity index is 829. The highest BCUT2D eigenvalue weighted by Gasteiger charge is 2.26.